The van der Waals surface area contributed by atoms with E-state index in [0.29, 0.717) is 21.3 Å². The van der Waals surface area contributed by atoms with E-state index < -0.39 is 17.1 Å². The summed E-state index contributed by atoms with van der Waals surface area (Å²) in [7, 11) is 0. The second-order valence-electron chi connectivity index (χ2n) is 5.18. The van der Waals surface area contributed by atoms with Gasteiger partial charge < -0.3 is 0 Å². The van der Waals surface area contributed by atoms with Crippen LogP contribution < -0.4 is 4.90 Å². The highest BCUT2D eigenvalue weighted by atomic mass is 35.5. The van der Waals surface area contributed by atoms with Gasteiger partial charge in [0.15, 0.2) is 0 Å². The molecule has 0 radical (unpaired) electrons. The highest BCUT2D eigenvalue weighted by Gasteiger charge is 2.36. The molecule has 1 aliphatic heterocycles. The molecule has 1 amide bonds. The van der Waals surface area contributed by atoms with Crippen molar-refractivity contribution in [2.75, 3.05) is 10.7 Å². The molecule has 126 valence electrons. The number of hydrogen-bond acceptors (Lipinski definition) is 2. The Bertz CT molecular complexity index is 777. The smallest absolute Gasteiger partial charge is 0.295 e. The fourth-order valence-electron chi connectivity index (χ4n) is 2.50. The quantitative estimate of drug-likeness (QED) is 0.645. The van der Waals surface area contributed by atoms with Crippen molar-refractivity contribution in [1.29, 1.82) is 0 Å². The molecule has 0 N–H and O–H groups in total. The molecular formula is C16H10Cl2F3NOS. The maximum Gasteiger partial charge on any atom is 0.416 e. The lowest BCUT2D eigenvalue weighted by atomic mass is 10.1. The Morgan fingerprint density at radius 2 is 1.75 bits per heavy atom. The predicted octanol–water partition coefficient (Wildman–Crippen LogP) is 5.79. The van der Waals surface area contributed by atoms with Crippen molar-refractivity contribution in [2.45, 2.75) is 11.6 Å². The Kier molecular flexibility index (Phi) is 4.73. The lowest BCUT2D eigenvalue weighted by Gasteiger charge is -2.25. The van der Waals surface area contributed by atoms with Crippen molar-refractivity contribution >= 4 is 46.6 Å². The van der Waals surface area contributed by atoms with Crippen LogP contribution in [0.3, 0.4) is 0 Å². The van der Waals surface area contributed by atoms with Crippen LogP contribution in [0, 0.1) is 0 Å². The van der Waals surface area contributed by atoms with Gasteiger partial charge in [-0.15, -0.1) is 11.8 Å². The summed E-state index contributed by atoms with van der Waals surface area (Å²) < 4.78 is 38.8. The molecule has 3 rings (SSSR count). The molecule has 24 heavy (non-hydrogen) atoms. The first-order valence-electron chi connectivity index (χ1n) is 6.82. The summed E-state index contributed by atoms with van der Waals surface area (Å²) in [6, 6.07) is 9.64. The van der Waals surface area contributed by atoms with Crippen LogP contribution in [0.1, 0.15) is 16.5 Å². The second kappa shape index (κ2) is 6.50. The molecule has 2 nitrogen and oxygen atoms in total. The van der Waals surface area contributed by atoms with E-state index in [0.717, 1.165) is 12.1 Å². The van der Waals surface area contributed by atoms with Crippen molar-refractivity contribution in [3.63, 3.8) is 0 Å². The maximum atomic E-state index is 12.9. The fourth-order valence-corrected chi connectivity index (χ4v) is 4.18. The zero-order valence-corrected chi connectivity index (χ0v) is 14.3. The Balaban J connectivity index is 2.02. The normalized spacial score (nSPS) is 18.3. The van der Waals surface area contributed by atoms with E-state index in [2.05, 4.69) is 0 Å². The third-order valence-corrected chi connectivity index (χ3v) is 5.14. The number of carbonyl (C=O) groups excluding carboxylic acids is 1. The van der Waals surface area contributed by atoms with Crippen LogP contribution in [0.15, 0.2) is 42.5 Å². The Morgan fingerprint density at radius 1 is 1.08 bits per heavy atom. The standard InChI is InChI=1S/C16H10Cl2F3NOS/c17-11-5-12(18)7-13(6-11)22-14(23)8-24-15(22)9-2-1-3-10(4-9)16(19,20)21/h1-7,15H,8H2/t15-/m1/s1. The molecule has 0 saturated carbocycles. The van der Waals surface area contributed by atoms with Gasteiger partial charge in [0.05, 0.1) is 11.3 Å². The first-order chi connectivity index (χ1) is 11.3. The van der Waals surface area contributed by atoms with Gasteiger partial charge in [0.1, 0.15) is 5.37 Å². The zero-order chi connectivity index (χ0) is 17.5. The van der Waals surface area contributed by atoms with Crippen LogP contribution in [0.2, 0.25) is 10.0 Å². The van der Waals surface area contributed by atoms with E-state index in [1.807, 2.05) is 0 Å². The molecule has 1 atom stereocenters. The summed E-state index contributed by atoms with van der Waals surface area (Å²) in [5.74, 6) is -0.0360. The summed E-state index contributed by atoms with van der Waals surface area (Å²) in [6.07, 6.45) is -4.44. The van der Waals surface area contributed by atoms with Gasteiger partial charge in [0, 0.05) is 15.7 Å². The van der Waals surface area contributed by atoms with Gasteiger partial charge in [-0.3, -0.25) is 9.69 Å². The molecule has 1 heterocycles. The van der Waals surface area contributed by atoms with Crippen LogP contribution in [-0.2, 0) is 11.0 Å². The van der Waals surface area contributed by atoms with Gasteiger partial charge >= 0.3 is 6.18 Å². The Hall–Kier alpha value is -1.37. The molecule has 1 aliphatic rings. The summed E-state index contributed by atoms with van der Waals surface area (Å²) in [5, 5.41) is 0.143. The van der Waals surface area contributed by atoms with E-state index in [1.54, 1.807) is 18.2 Å². The molecule has 0 aromatic heterocycles. The summed E-state index contributed by atoms with van der Waals surface area (Å²) in [5.41, 5.74) is 0.116. The minimum atomic E-state index is -4.44. The van der Waals surface area contributed by atoms with Gasteiger partial charge in [-0.1, -0.05) is 35.3 Å². The van der Waals surface area contributed by atoms with E-state index >= 15 is 0 Å². The number of thioether (sulfide) groups is 1. The molecule has 8 heteroatoms. The third kappa shape index (κ3) is 3.50. The Morgan fingerprint density at radius 3 is 2.38 bits per heavy atom. The number of amides is 1. The maximum absolute atomic E-state index is 12.9. The number of benzene rings is 2. The second-order valence-corrected chi connectivity index (χ2v) is 7.12. The lowest BCUT2D eigenvalue weighted by molar-refractivity contribution is -0.137. The third-order valence-electron chi connectivity index (χ3n) is 3.49. The highest BCUT2D eigenvalue weighted by molar-refractivity contribution is 8.00. The molecule has 0 aliphatic carbocycles. The number of rotatable bonds is 2. The molecule has 2 aromatic rings. The number of anilines is 1. The molecule has 1 fully saturated rings. The summed E-state index contributed by atoms with van der Waals surface area (Å²) in [4.78, 5) is 13.7. The first-order valence-corrected chi connectivity index (χ1v) is 8.63. The lowest BCUT2D eigenvalue weighted by Crippen LogP contribution is -2.28. The molecule has 0 unspecified atom stereocenters. The van der Waals surface area contributed by atoms with Gasteiger partial charge in [0.2, 0.25) is 5.91 Å². The minimum absolute atomic E-state index is 0.172. The molecule has 0 bridgehead atoms. The fraction of sp³-hybridized carbons (Fsp3) is 0.188. The number of alkyl halides is 3. The van der Waals surface area contributed by atoms with Crippen LogP contribution in [0.4, 0.5) is 18.9 Å². The minimum Gasteiger partial charge on any atom is -0.295 e. The van der Waals surface area contributed by atoms with Crippen molar-refractivity contribution in [3.8, 4) is 0 Å². The van der Waals surface area contributed by atoms with E-state index in [9.17, 15) is 18.0 Å². The molecule has 2 aromatic carbocycles. The van der Waals surface area contributed by atoms with Crippen LogP contribution in [-0.4, -0.2) is 11.7 Å². The summed E-state index contributed by atoms with van der Waals surface area (Å²) in [6.45, 7) is 0. The molecule has 1 saturated heterocycles. The zero-order valence-electron chi connectivity index (χ0n) is 12.0. The van der Waals surface area contributed by atoms with Crippen LogP contribution in [0.5, 0.6) is 0 Å². The average molecular weight is 392 g/mol. The Labute approximate surface area is 150 Å². The number of carbonyl (C=O) groups is 1. The van der Waals surface area contributed by atoms with E-state index in [1.165, 1.54) is 28.8 Å². The van der Waals surface area contributed by atoms with Gasteiger partial charge in [-0.2, -0.15) is 13.2 Å². The molecule has 0 spiro atoms. The van der Waals surface area contributed by atoms with Crippen molar-refractivity contribution < 1.29 is 18.0 Å². The highest BCUT2D eigenvalue weighted by Crippen LogP contribution is 2.44. The first kappa shape index (κ1) is 17.5. The van der Waals surface area contributed by atoms with Gasteiger partial charge in [-0.05, 0) is 35.9 Å². The van der Waals surface area contributed by atoms with Gasteiger partial charge in [-0.25, -0.2) is 0 Å². The topological polar surface area (TPSA) is 20.3 Å². The number of nitrogens with zero attached hydrogens (tertiary/aromatic N) is 1. The van der Waals surface area contributed by atoms with Crippen LogP contribution in [0.25, 0.3) is 0 Å². The average Bonchev–Trinajstić information content (AvgIpc) is 2.87. The van der Waals surface area contributed by atoms with Crippen molar-refractivity contribution in [1.82, 2.24) is 0 Å². The summed E-state index contributed by atoms with van der Waals surface area (Å²) >= 11 is 13.2. The largest absolute Gasteiger partial charge is 0.416 e. The van der Waals surface area contributed by atoms with E-state index in [4.69, 9.17) is 23.2 Å². The number of hydrogen-bond donors (Lipinski definition) is 0. The van der Waals surface area contributed by atoms with Crippen LogP contribution >= 0.6 is 35.0 Å². The van der Waals surface area contributed by atoms with E-state index in [-0.39, 0.29) is 11.7 Å². The predicted molar refractivity (Wildman–Crippen MR) is 90.6 cm³/mol. The monoisotopic (exact) mass is 391 g/mol. The van der Waals surface area contributed by atoms with Crippen molar-refractivity contribution in [3.05, 3.63) is 63.6 Å². The van der Waals surface area contributed by atoms with Gasteiger partial charge in [0.25, 0.3) is 0 Å². The number of halogens is 5. The van der Waals surface area contributed by atoms with Crippen molar-refractivity contribution in [2.24, 2.45) is 0 Å². The SMILES string of the molecule is O=C1CS[C@H](c2cccc(C(F)(F)F)c2)N1c1cc(Cl)cc(Cl)c1. The molecular weight excluding hydrogens is 382 g/mol.